The predicted octanol–water partition coefficient (Wildman–Crippen LogP) is 3.36. The van der Waals surface area contributed by atoms with Gasteiger partial charge in [-0.3, -0.25) is 0 Å². The third kappa shape index (κ3) is 2.89. The summed E-state index contributed by atoms with van der Waals surface area (Å²) < 4.78 is 0. The van der Waals surface area contributed by atoms with Gasteiger partial charge in [0, 0.05) is 6.04 Å². The molecule has 2 rings (SSSR count). The largest absolute Gasteiger partial charge is 0.393 e. The van der Waals surface area contributed by atoms with Crippen molar-refractivity contribution in [2.24, 2.45) is 0 Å². The number of aryl methyl sites for hydroxylation is 1. The van der Waals surface area contributed by atoms with Gasteiger partial charge in [0.25, 0.3) is 0 Å². The van der Waals surface area contributed by atoms with E-state index >= 15 is 0 Å². The van der Waals surface area contributed by atoms with Gasteiger partial charge >= 0.3 is 0 Å². The predicted molar refractivity (Wildman–Crippen MR) is 68.1 cm³/mol. The highest BCUT2D eigenvalue weighted by Crippen LogP contribution is 2.27. The number of aliphatic hydroxyl groups is 1. The first-order chi connectivity index (χ1) is 7.65. The van der Waals surface area contributed by atoms with Crippen LogP contribution in [0.3, 0.4) is 0 Å². The highest BCUT2D eigenvalue weighted by Gasteiger charge is 2.19. The van der Waals surface area contributed by atoms with Crippen LogP contribution in [0.1, 0.15) is 31.2 Å². The molecular formula is C13H18ClNO. The van der Waals surface area contributed by atoms with E-state index in [1.807, 2.05) is 19.1 Å². The molecule has 1 aromatic rings. The van der Waals surface area contributed by atoms with E-state index in [0.717, 1.165) is 36.4 Å². The van der Waals surface area contributed by atoms with Crippen LogP contribution < -0.4 is 5.32 Å². The van der Waals surface area contributed by atoms with Gasteiger partial charge in [-0.15, -0.1) is 0 Å². The average Bonchev–Trinajstić information content (AvgIpc) is 2.25. The van der Waals surface area contributed by atoms with Crippen molar-refractivity contribution in [3.63, 3.8) is 0 Å². The summed E-state index contributed by atoms with van der Waals surface area (Å²) in [6, 6.07) is 6.51. The summed E-state index contributed by atoms with van der Waals surface area (Å²) in [5, 5.41) is 13.7. The molecule has 0 bridgehead atoms. The van der Waals surface area contributed by atoms with E-state index in [2.05, 4.69) is 11.4 Å². The van der Waals surface area contributed by atoms with Crippen LogP contribution in [0.15, 0.2) is 18.2 Å². The molecule has 2 nitrogen and oxygen atoms in total. The van der Waals surface area contributed by atoms with Crippen molar-refractivity contribution >= 4 is 17.3 Å². The maximum absolute atomic E-state index is 9.43. The van der Waals surface area contributed by atoms with Gasteiger partial charge in [-0.05, 0) is 50.3 Å². The number of anilines is 1. The molecule has 1 aliphatic rings. The number of aliphatic hydroxyl groups excluding tert-OH is 1. The molecule has 2 N–H and O–H groups in total. The van der Waals surface area contributed by atoms with E-state index in [1.54, 1.807) is 0 Å². The summed E-state index contributed by atoms with van der Waals surface area (Å²) in [7, 11) is 0. The summed E-state index contributed by atoms with van der Waals surface area (Å²) in [6.07, 6.45) is 3.71. The van der Waals surface area contributed by atoms with E-state index < -0.39 is 0 Å². The fourth-order valence-corrected chi connectivity index (χ4v) is 2.47. The zero-order chi connectivity index (χ0) is 11.5. The molecule has 1 aromatic carbocycles. The second-order valence-electron chi connectivity index (χ2n) is 4.63. The molecule has 0 heterocycles. The van der Waals surface area contributed by atoms with Crippen LogP contribution in [0.25, 0.3) is 0 Å². The van der Waals surface area contributed by atoms with Gasteiger partial charge in [0.15, 0.2) is 0 Å². The molecule has 1 fully saturated rings. The molecule has 0 saturated heterocycles. The molecular weight excluding hydrogens is 222 g/mol. The molecule has 1 saturated carbocycles. The Morgan fingerprint density at radius 3 is 2.56 bits per heavy atom. The first kappa shape index (κ1) is 11.7. The summed E-state index contributed by atoms with van der Waals surface area (Å²) in [5.74, 6) is 0. The molecule has 0 aliphatic heterocycles. The Bertz CT molecular complexity index is 359. The minimum Gasteiger partial charge on any atom is -0.393 e. The fourth-order valence-electron chi connectivity index (χ4n) is 2.18. The van der Waals surface area contributed by atoms with E-state index in [4.69, 9.17) is 11.6 Å². The Morgan fingerprint density at radius 1 is 1.25 bits per heavy atom. The van der Waals surface area contributed by atoms with E-state index in [0.29, 0.717) is 6.04 Å². The van der Waals surface area contributed by atoms with Gasteiger partial charge in [0.2, 0.25) is 0 Å². The summed E-state index contributed by atoms with van der Waals surface area (Å²) in [4.78, 5) is 0. The van der Waals surface area contributed by atoms with Gasteiger partial charge in [0.1, 0.15) is 0 Å². The van der Waals surface area contributed by atoms with Gasteiger partial charge in [-0.2, -0.15) is 0 Å². The lowest BCUT2D eigenvalue weighted by atomic mass is 9.93. The zero-order valence-electron chi connectivity index (χ0n) is 9.54. The van der Waals surface area contributed by atoms with Crippen LogP contribution in [0.4, 0.5) is 5.69 Å². The Hall–Kier alpha value is -0.730. The highest BCUT2D eigenvalue weighted by molar-refractivity contribution is 6.33. The molecule has 0 unspecified atom stereocenters. The molecule has 0 aromatic heterocycles. The first-order valence-corrected chi connectivity index (χ1v) is 6.23. The molecule has 0 radical (unpaired) electrons. The Balaban J connectivity index is 1.98. The molecule has 0 spiro atoms. The van der Waals surface area contributed by atoms with Crippen LogP contribution in [-0.2, 0) is 0 Å². The zero-order valence-corrected chi connectivity index (χ0v) is 10.3. The standard InChI is InChI=1S/C13H18ClNO/c1-9-2-7-13(12(14)8-9)15-10-3-5-11(16)6-4-10/h2,7-8,10-11,15-16H,3-6H2,1H3. The molecule has 3 heteroatoms. The molecule has 0 atom stereocenters. The Morgan fingerprint density at radius 2 is 1.94 bits per heavy atom. The number of nitrogens with one attached hydrogen (secondary N) is 1. The summed E-state index contributed by atoms with van der Waals surface area (Å²) in [6.45, 7) is 2.03. The lowest BCUT2D eigenvalue weighted by Crippen LogP contribution is -2.28. The minimum absolute atomic E-state index is 0.105. The van der Waals surface area contributed by atoms with E-state index in [1.165, 1.54) is 5.56 Å². The van der Waals surface area contributed by atoms with Crippen LogP contribution >= 0.6 is 11.6 Å². The average molecular weight is 240 g/mol. The lowest BCUT2D eigenvalue weighted by molar-refractivity contribution is 0.126. The molecule has 88 valence electrons. The molecule has 0 amide bonds. The Kier molecular flexibility index (Phi) is 3.72. The smallest absolute Gasteiger partial charge is 0.0640 e. The SMILES string of the molecule is Cc1ccc(NC2CCC(O)CC2)c(Cl)c1. The van der Waals surface area contributed by atoms with Gasteiger partial charge in [0.05, 0.1) is 16.8 Å². The number of halogens is 1. The third-order valence-corrected chi connectivity index (χ3v) is 3.49. The quantitative estimate of drug-likeness (QED) is 0.830. The van der Waals surface area contributed by atoms with Gasteiger partial charge in [-0.25, -0.2) is 0 Å². The van der Waals surface area contributed by atoms with Crippen molar-refractivity contribution in [2.45, 2.75) is 44.8 Å². The molecule has 1 aliphatic carbocycles. The van der Waals surface area contributed by atoms with Crippen molar-refractivity contribution in [3.05, 3.63) is 28.8 Å². The third-order valence-electron chi connectivity index (χ3n) is 3.18. The van der Waals surface area contributed by atoms with Crippen molar-refractivity contribution in [2.75, 3.05) is 5.32 Å². The van der Waals surface area contributed by atoms with E-state index in [-0.39, 0.29) is 6.10 Å². The van der Waals surface area contributed by atoms with E-state index in [9.17, 15) is 5.11 Å². The van der Waals surface area contributed by atoms with Gasteiger partial charge in [-0.1, -0.05) is 17.7 Å². The van der Waals surface area contributed by atoms with Crippen molar-refractivity contribution in [3.8, 4) is 0 Å². The maximum Gasteiger partial charge on any atom is 0.0640 e. The van der Waals surface area contributed by atoms with Crippen LogP contribution in [0.2, 0.25) is 5.02 Å². The van der Waals surface area contributed by atoms with Crippen molar-refractivity contribution in [1.82, 2.24) is 0 Å². The summed E-state index contributed by atoms with van der Waals surface area (Å²) >= 11 is 6.17. The monoisotopic (exact) mass is 239 g/mol. The number of benzene rings is 1. The lowest BCUT2D eigenvalue weighted by Gasteiger charge is -2.27. The van der Waals surface area contributed by atoms with Crippen molar-refractivity contribution < 1.29 is 5.11 Å². The highest BCUT2D eigenvalue weighted by atomic mass is 35.5. The number of hydrogen-bond donors (Lipinski definition) is 2. The van der Waals surface area contributed by atoms with Gasteiger partial charge < -0.3 is 10.4 Å². The molecule has 16 heavy (non-hydrogen) atoms. The van der Waals surface area contributed by atoms with Crippen LogP contribution in [0.5, 0.6) is 0 Å². The number of hydrogen-bond acceptors (Lipinski definition) is 2. The summed E-state index contributed by atoms with van der Waals surface area (Å²) in [5.41, 5.74) is 2.18. The topological polar surface area (TPSA) is 32.3 Å². The second kappa shape index (κ2) is 5.07. The van der Waals surface area contributed by atoms with Crippen molar-refractivity contribution in [1.29, 1.82) is 0 Å². The normalized spacial score (nSPS) is 25.4. The van der Waals surface area contributed by atoms with Crippen LogP contribution in [-0.4, -0.2) is 17.3 Å². The van der Waals surface area contributed by atoms with Crippen LogP contribution in [0, 0.1) is 6.92 Å². The Labute approximate surface area is 102 Å². The fraction of sp³-hybridized carbons (Fsp3) is 0.538. The second-order valence-corrected chi connectivity index (χ2v) is 5.04. The number of rotatable bonds is 2. The minimum atomic E-state index is -0.105. The first-order valence-electron chi connectivity index (χ1n) is 5.86. The maximum atomic E-state index is 9.43.